The number of thioether (sulfide) groups is 1. The maximum absolute atomic E-state index is 11.7. The van der Waals surface area contributed by atoms with Gasteiger partial charge in [-0.05, 0) is 37.1 Å². The number of amides is 1. The summed E-state index contributed by atoms with van der Waals surface area (Å²) in [7, 11) is 0. The zero-order valence-electron chi connectivity index (χ0n) is 11.1. The fraction of sp³-hybridized carbons (Fsp3) is 0.357. The largest absolute Gasteiger partial charge is 0.326 e. The first-order chi connectivity index (χ1) is 10.1. The number of nitrogens with one attached hydrogen (secondary N) is 1. The first-order valence-corrected chi connectivity index (χ1v) is 8.27. The average molecular weight is 342 g/mol. The molecular weight excluding hydrogens is 329 g/mol. The Bertz CT molecular complexity index is 611. The molecule has 1 amide bonds. The molecule has 1 atom stereocenters. The molecule has 2 aliphatic rings. The van der Waals surface area contributed by atoms with E-state index in [0.717, 1.165) is 23.4 Å². The molecule has 1 fully saturated rings. The summed E-state index contributed by atoms with van der Waals surface area (Å²) in [5, 5.41) is 3.93. The van der Waals surface area contributed by atoms with Crippen molar-refractivity contribution in [3.8, 4) is 0 Å². The standard InChI is InChI=1S/C14H13Cl2N3OS/c15-11-7-12(16)19-14(18-11)21-10-5-3-9(4-6-10)17-13(20)8-1-2-8/h3-6,8,11H,1-2,7H2,(H,17,20). The molecule has 1 unspecified atom stereocenters. The number of carbonyl (C=O) groups is 1. The van der Waals surface area contributed by atoms with E-state index in [1.54, 1.807) is 0 Å². The van der Waals surface area contributed by atoms with Gasteiger partial charge in [0.15, 0.2) is 5.17 Å². The van der Waals surface area contributed by atoms with Crippen LogP contribution >= 0.6 is 35.0 Å². The van der Waals surface area contributed by atoms with Crippen molar-refractivity contribution in [2.75, 3.05) is 5.32 Å². The van der Waals surface area contributed by atoms with Crippen molar-refractivity contribution in [3.63, 3.8) is 0 Å². The SMILES string of the molecule is O=C(Nc1ccc(SC2=NC(Cl)CC(Cl)=N2)cc1)C1CC1. The summed E-state index contributed by atoms with van der Waals surface area (Å²) >= 11 is 13.3. The van der Waals surface area contributed by atoms with Crippen LogP contribution in [-0.2, 0) is 4.79 Å². The summed E-state index contributed by atoms with van der Waals surface area (Å²) in [6.45, 7) is 0. The van der Waals surface area contributed by atoms with E-state index < -0.39 is 0 Å². The van der Waals surface area contributed by atoms with Crippen LogP contribution in [0.1, 0.15) is 19.3 Å². The molecule has 1 heterocycles. The Morgan fingerprint density at radius 1 is 1.29 bits per heavy atom. The van der Waals surface area contributed by atoms with Gasteiger partial charge < -0.3 is 5.32 Å². The van der Waals surface area contributed by atoms with E-state index >= 15 is 0 Å². The predicted octanol–water partition coefficient (Wildman–Crippen LogP) is 4.09. The molecule has 110 valence electrons. The van der Waals surface area contributed by atoms with Crippen LogP contribution in [-0.4, -0.2) is 21.7 Å². The third-order valence-corrected chi connectivity index (χ3v) is 4.46. The molecule has 0 spiro atoms. The van der Waals surface area contributed by atoms with Gasteiger partial charge in [-0.2, -0.15) is 0 Å². The lowest BCUT2D eigenvalue weighted by Crippen LogP contribution is -2.13. The summed E-state index contributed by atoms with van der Waals surface area (Å²) in [6, 6.07) is 7.57. The second-order valence-electron chi connectivity index (χ2n) is 4.93. The van der Waals surface area contributed by atoms with E-state index in [-0.39, 0.29) is 17.3 Å². The maximum Gasteiger partial charge on any atom is 0.227 e. The van der Waals surface area contributed by atoms with E-state index in [1.807, 2.05) is 24.3 Å². The van der Waals surface area contributed by atoms with Gasteiger partial charge in [0.1, 0.15) is 10.7 Å². The van der Waals surface area contributed by atoms with Gasteiger partial charge in [-0.3, -0.25) is 4.79 Å². The smallest absolute Gasteiger partial charge is 0.227 e. The van der Waals surface area contributed by atoms with Crippen molar-refractivity contribution in [2.45, 2.75) is 29.7 Å². The summed E-state index contributed by atoms with van der Waals surface area (Å²) in [5.74, 6) is 0.307. The second-order valence-corrected chi connectivity index (χ2v) is 6.91. The number of halogens is 2. The molecule has 1 aliphatic heterocycles. The first kappa shape index (κ1) is 14.9. The zero-order valence-corrected chi connectivity index (χ0v) is 13.4. The number of carbonyl (C=O) groups excluding carboxylic acids is 1. The van der Waals surface area contributed by atoms with Gasteiger partial charge in [0, 0.05) is 22.9 Å². The van der Waals surface area contributed by atoms with Crippen molar-refractivity contribution < 1.29 is 4.79 Å². The van der Waals surface area contributed by atoms with Crippen LogP contribution in [0.3, 0.4) is 0 Å². The fourth-order valence-corrected chi connectivity index (χ4v) is 3.30. The molecule has 4 nitrogen and oxygen atoms in total. The minimum absolute atomic E-state index is 0.105. The first-order valence-electron chi connectivity index (χ1n) is 6.64. The molecule has 7 heteroatoms. The van der Waals surface area contributed by atoms with Crippen LogP contribution in [0.15, 0.2) is 39.1 Å². The highest BCUT2D eigenvalue weighted by Gasteiger charge is 2.29. The Morgan fingerprint density at radius 3 is 2.62 bits per heavy atom. The van der Waals surface area contributed by atoms with Crippen molar-refractivity contribution in [1.29, 1.82) is 0 Å². The Labute approximate surface area is 137 Å². The van der Waals surface area contributed by atoms with E-state index in [1.165, 1.54) is 11.8 Å². The van der Waals surface area contributed by atoms with Crippen molar-refractivity contribution in [3.05, 3.63) is 24.3 Å². The van der Waals surface area contributed by atoms with E-state index in [4.69, 9.17) is 23.2 Å². The number of benzene rings is 1. The van der Waals surface area contributed by atoms with Gasteiger partial charge in [-0.1, -0.05) is 35.0 Å². The zero-order chi connectivity index (χ0) is 14.8. The highest BCUT2D eigenvalue weighted by molar-refractivity contribution is 8.14. The molecule has 0 radical (unpaired) electrons. The summed E-state index contributed by atoms with van der Waals surface area (Å²) in [4.78, 5) is 21.0. The Hall–Kier alpha value is -1.04. The van der Waals surface area contributed by atoms with Gasteiger partial charge in [-0.15, -0.1) is 0 Å². The second kappa shape index (κ2) is 6.38. The number of nitrogens with zero attached hydrogens (tertiary/aromatic N) is 2. The van der Waals surface area contributed by atoms with Gasteiger partial charge in [0.05, 0.1) is 0 Å². The maximum atomic E-state index is 11.7. The van der Waals surface area contributed by atoms with Crippen LogP contribution in [0.5, 0.6) is 0 Å². The van der Waals surface area contributed by atoms with Crippen LogP contribution in [0, 0.1) is 5.92 Å². The molecule has 1 saturated carbocycles. The normalized spacial score (nSPS) is 21.5. The summed E-state index contributed by atoms with van der Waals surface area (Å²) in [6.07, 6.45) is 2.47. The topological polar surface area (TPSA) is 53.8 Å². The molecule has 1 N–H and O–H groups in total. The van der Waals surface area contributed by atoms with Crippen LogP contribution in [0.2, 0.25) is 0 Å². The van der Waals surface area contributed by atoms with Crippen molar-refractivity contribution in [2.24, 2.45) is 15.9 Å². The third-order valence-electron chi connectivity index (χ3n) is 3.08. The van der Waals surface area contributed by atoms with Gasteiger partial charge >= 0.3 is 0 Å². The number of aliphatic imine (C=N–C) groups is 2. The Morgan fingerprint density at radius 2 is 2.00 bits per heavy atom. The lowest BCUT2D eigenvalue weighted by molar-refractivity contribution is -0.117. The molecular formula is C14H13Cl2N3OS. The molecule has 0 saturated heterocycles. The molecule has 0 aromatic heterocycles. The van der Waals surface area contributed by atoms with Crippen molar-refractivity contribution >= 4 is 56.9 Å². The summed E-state index contributed by atoms with van der Waals surface area (Å²) in [5.41, 5.74) is 0.452. The lowest BCUT2D eigenvalue weighted by Gasteiger charge is -2.11. The van der Waals surface area contributed by atoms with Gasteiger partial charge in [0.2, 0.25) is 5.91 Å². The van der Waals surface area contributed by atoms with E-state index in [0.29, 0.717) is 16.8 Å². The molecule has 1 aromatic rings. The number of hydrogen-bond donors (Lipinski definition) is 1. The summed E-state index contributed by atoms with van der Waals surface area (Å²) < 4.78 is 0. The van der Waals surface area contributed by atoms with E-state index in [2.05, 4.69) is 15.3 Å². The minimum Gasteiger partial charge on any atom is -0.326 e. The number of amidine groups is 1. The monoisotopic (exact) mass is 341 g/mol. The van der Waals surface area contributed by atoms with E-state index in [9.17, 15) is 4.79 Å². The number of hydrogen-bond acceptors (Lipinski definition) is 4. The highest BCUT2D eigenvalue weighted by Crippen LogP contribution is 2.31. The van der Waals surface area contributed by atoms with Crippen LogP contribution in [0.4, 0.5) is 5.69 Å². The molecule has 1 aromatic carbocycles. The third kappa shape index (κ3) is 4.22. The fourth-order valence-electron chi connectivity index (χ4n) is 1.83. The van der Waals surface area contributed by atoms with Crippen LogP contribution < -0.4 is 5.32 Å². The quantitative estimate of drug-likeness (QED) is 0.664. The molecule has 0 bridgehead atoms. The highest BCUT2D eigenvalue weighted by atomic mass is 35.5. The Balaban J connectivity index is 1.63. The Kier molecular flexibility index (Phi) is 4.52. The van der Waals surface area contributed by atoms with Crippen LogP contribution in [0.25, 0.3) is 0 Å². The lowest BCUT2D eigenvalue weighted by atomic mass is 10.3. The van der Waals surface area contributed by atoms with Gasteiger partial charge in [0.25, 0.3) is 0 Å². The average Bonchev–Trinajstić information content (AvgIpc) is 3.24. The predicted molar refractivity (Wildman–Crippen MR) is 88.6 cm³/mol. The molecule has 1 aliphatic carbocycles. The number of rotatable bonds is 3. The van der Waals surface area contributed by atoms with Gasteiger partial charge in [-0.25, -0.2) is 9.98 Å². The van der Waals surface area contributed by atoms with Crippen molar-refractivity contribution in [1.82, 2.24) is 0 Å². The number of anilines is 1. The molecule has 3 rings (SSSR count). The number of alkyl halides is 1. The minimum atomic E-state index is -0.352. The molecule has 21 heavy (non-hydrogen) atoms.